The van der Waals surface area contributed by atoms with Crippen molar-refractivity contribution < 1.29 is 9.53 Å². The zero-order valence-electron chi connectivity index (χ0n) is 12.4. The molecule has 0 aliphatic heterocycles. The highest BCUT2D eigenvalue weighted by Crippen LogP contribution is 2.11. The van der Waals surface area contributed by atoms with Gasteiger partial charge in [-0.1, -0.05) is 12.1 Å². The SMILES string of the molecule is COc1ccc(CCNC(=O)CCc2csc(C)n2)cc1. The number of nitrogens with one attached hydrogen (secondary N) is 1. The van der Waals surface area contributed by atoms with E-state index in [9.17, 15) is 4.79 Å². The van der Waals surface area contributed by atoms with Crippen molar-refractivity contribution in [3.63, 3.8) is 0 Å². The molecule has 0 radical (unpaired) electrons. The molecule has 0 spiro atoms. The molecule has 0 atom stereocenters. The molecule has 0 saturated heterocycles. The van der Waals surface area contributed by atoms with Crippen LogP contribution in [-0.4, -0.2) is 24.5 Å². The summed E-state index contributed by atoms with van der Waals surface area (Å²) in [6.07, 6.45) is 2.02. The lowest BCUT2D eigenvalue weighted by atomic mass is 10.1. The molecule has 0 fully saturated rings. The van der Waals surface area contributed by atoms with Crippen LogP contribution in [0.2, 0.25) is 0 Å². The molecule has 0 bridgehead atoms. The first-order valence-electron chi connectivity index (χ1n) is 6.98. The van der Waals surface area contributed by atoms with Gasteiger partial charge in [0.2, 0.25) is 5.91 Å². The fourth-order valence-electron chi connectivity index (χ4n) is 1.99. The van der Waals surface area contributed by atoms with Crippen molar-refractivity contribution in [2.24, 2.45) is 0 Å². The van der Waals surface area contributed by atoms with E-state index in [0.717, 1.165) is 22.9 Å². The molecule has 0 aliphatic rings. The Hall–Kier alpha value is -1.88. The summed E-state index contributed by atoms with van der Waals surface area (Å²) in [6.45, 7) is 2.63. The molecule has 4 nitrogen and oxygen atoms in total. The molecule has 2 rings (SSSR count). The minimum Gasteiger partial charge on any atom is -0.497 e. The summed E-state index contributed by atoms with van der Waals surface area (Å²) in [7, 11) is 1.65. The lowest BCUT2D eigenvalue weighted by Gasteiger charge is -2.06. The highest BCUT2D eigenvalue weighted by molar-refractivity contribution is 7.09. The average molecular weight is 304 g/mol. The van der Waals surface area contributed by atoms with Crippen molar-refractivity contribution in [2.75, 3.05) is 13.7 Å². The predicted octanol–water partition coefficient (Wildman–Crippen LogP) is 2.75. The summed E-state index contributed by atoms with van der Waals surface area (Å²) in [5, 5.41) is 6.00. The van der Waals surface area contributed by atoms with Crippen molar-refractivity contribution in [3.05, 3.63) is 45.9 Å². The number of rotatable bonds is 7. The molecular formula is C16H20N2O2S. The molecular weight excluding hydrogens is 284 g/mol. The first-order valence-corrected chi connectivity index (χ1v) is 7.86. The molecule has 0 unspecified atom stereocenters. The average Bonchev–Trinajstić information content (AvgIpc) is 2.91. The Balaban J connectivity index is 1.66. The largest absolute Gasteiger partial charge is 0.497 e. The molecule has 1 amide bonds. The van der Waals surface area contributed by atoms with E-state index in [2.05, 4.69) is 10.3 Å². The zero-order valence-corrected chi connectivity index (χ0v) is 13.2. The Morgan fingerprint density at radius 1 is 1.29 bits per heavy atom. The van der Waals surface area contributed by atoms with Gasteiger partial charge in [-0.25, -0.2) is 4.98 Å². The monoisotopic (exact) mass is 304 g/mol. The van der Waals surface area contributed by atoms with Crippen LogP contribution in [0.15, 0.2) is 29.6 Å². The van der Waals surface area contributed by atoms with Gasteiger partial charge in [-0.2, -0.15) is 0 Å². The van der Waals surface area contributed by atoms with E-state index in [1.807, 2.05) is 36.6 Å². The third kappa shape index (κ3) is 5.19. The number of aromatic nitrogens is 1. The number of nitrogens with zero attached hydrogens (tertiary/aromatic N) is 1. The number of hydrogen-bond acceptors (Lipinski definition) is 4. The Bertz CT molecular complexity index is 578. The van der Waals surface area contributed by atoms with Crippen LogP contribution >= 0.6 is 11.3 Å². The van der Waals surface area contributed by atoms with Crippen LogP contribution < -0.4 is 10.1 Å². The molecule has 2 aromatic rings. The fourth-order valence-corrected chi connectivity index (χ4v) is 2.64. The Morgan fingerprint density at radius 3 is 2.67 bits per heavy atom. The fraction of sp³-hybridized carbons (Fsp3) is 0.375. The topological polar surface area (TPSA) is 51.2 Å². The molecule has 0 aliphatic carbocycles. The highest BCUT2D eigenvalue weighted by atomic mass is 32.1. The van der Waals surface area contributed by atoms with E-state index in [0.29, 0.717) is 19.4 Å². The summed E-state index contributed by atoms with van der Waals surface area (Å²) in [5.41, 5.74) is 2.19. The quantitative estimate of drug-likeness (QED) is 0.855. The zero-order chi connectivity index (χ0) is 15.1. The summed E-state index contributed by atoms with van der Waals surface area (Å²) < 4.78 is 5.11. The lowest BCUT2D eigenvalue weighted by molar-refractivity contribution is -0.121. The van der Waals surface area contributed by atoms with Gasteiger partial charge in [0.05, 0.1) is 17.8 Å². The summed E-state index contributed by atoms with van der Waals surface area (Å²) in [5.74, 6) is 0.926. The molecule has 1 N–H and O–H groups in total. The highest BCUT2D eigenvalue weighted by Gasteiger charge is 2.04. The maximum Gasteiger partial charge on any atom is 0.220 e. The molecule has 1 aromatic carbocycles. The van der Waals surface area contributed by atoms with Crippen LogP contribution in [0.5, 0.6) is 5.75 Å². The predicted molar refractivity (Wildman–Crippen MR) is 84.9 cm³/mol. The van der Waals surface area contributed by atoms with E-state index in [4.69, 9.17) is 4.74 Å². The van der Waals surface area contributed by atoms with Gasteiger partial charge >= 0.3 is 0 Å². The van der Waals surface area contributed by atoms with Gasteiger partial charge in [0, 0.05) is 18.3 Å². The Labute approximate surface area is 129 Å². The maximum absolute atomic E-state index is 11.8. The molecule has 1 heterocycles. The van der Waals surface area contributed by atoms with Crippen LogP contribution in [0.3, 0.4) is 0 Å². The van der Waals surface area contributed by atoms with Crippen LogP contribution in [0.1, 0.15) is 22.7 Å². The smallest absolute Gasteiger partial charge is 0.220 e. The normalized spacial score (nSPS) is 10.4. The van der Waals surface area contributed by atoms with Crippen molar-refractivity contribution in [1.82, 2.24) is 10.3 Å². The van der Waals surface area contributed by atoms with Crippen molar-refractivity contribution in [1.29, 1.82) is 0 Å². The number of hydrogen-bond donors (Lipinski definition) is 1. The number of amides is 1. The number of aryl methyl sites for hydroxylation is 2. The molecule has 21 heavy (non-hydrogen) atoms. The Morgan fingerprint density at radius 2 is 2.05 bits per heavy atom. The molecule has 1 aromatic heterocycles. The van der Waals surface area contributed by atoms with E-state index in [-0.39, 0.29) is 5.91 Å². The lowest BCUT2D eigenvalue weighted by Crippen LogP contribution is -2.25. The minimum atomic E-state index is 0.0779. The van der Waals surface area contributed by atoms with E-state index in [1.165, 1.54) is 5.56 Å². The van der Waals surface area contributed by atoms with Crippen LogP contribution in [0, 0.1) is 6.92 Å². The van der Waals surface area contributed by atoms with E-state index >= 15 is 0 Å². The van der Waals surface area contributed by atoms with Crippen molar-refractivity contribution in [2.45, 2.75) is 26.2 Å². The first kappa shape index (κ1) is 15.5. The second kappa shape index (κ2) is 7.78. The van der Waals surface area contributed by atoms with E-state index < -0.39 is 0 Å². The summed E-state index contributed by atoms with van der Waals surface area (Å²) >= 11 is 1.62. The summed E-state index contributed by atoms with van der Waals surface area (Å²) in [4.78, 5) is 16.1. The first-order chi connectivity index (χ1) is 10.2. The second-order valence-electron chi connectivity index (χ2n) is 4.81. The second-order valence-corrected chi connectivity index (χ2v) is 5.87. The van der Waals surface area contributed by atoms with Gasteiger partial charge in [-0.3, -0.25) is 4.79 Å². The third-order valence-electron chi connectivity index (χ3n) is 3.17. The molecule has 112 valence electrons. The number of ether oxygens (including phenoxy) is 1. The van der Waals surface area contributed by atoms with Crippen molar-refractivity contribution >= 4 is 17.2 Å². The number of carbonyl (C=O) groups is 1. The standard InChI is InChI=1S/C16H20N2O2S/c1-12-18-14(11-21-12)5-8-16(19)17-10-9-13-3-6-15(20-2)7-4-13/h3-4,6-7,11H,5,8-10H2,1-2H3,(H,17,19). The van der Waals surface area contributed by atoms with Crippen LogP contribution in [-0.2, 0) is 17.6 Å². The van der Waals surface area contributed by atoms with Gasteiger partial charge < -0.3 is 10.1 Å². The van der Waals surface area contributed by atoms with Gasteiger partial charge in [-0.05, 0) is 37.5 Å². The van der Waals surface area contributed by atoms with Gasteiger partial charge in [0.25, 0.3) is 0 Å². The Kier molecular flexibility index (Phi) is 5.75. The van der Waals surface area contributed by atoms with Gasteiger partial charge in [-0.15, -0.1) is 11.3 Å². The number of carbonyl (C=O) groups excluding carboxylic acids is 1. The molecule has 0 saturated carbocycles. The maximum atomic E-state index is 11.8. The van der Waals surface area contributed by atoms with E-state index in [1.54, 1.807) is 18.4 Å². The van der Waals surface area contributed by atoms with Gasteiger partial charge in [0.15, 0.2) is 0 Å². The molecule has 5 heteroatoms. The summed E-state index contributed by atoms with van der Waals surface area (Å²) in [6, 6.07) is 7.90. The third-order valence-corrected chi connectivity index (χ3v) is 3.99. The van der Waals surface area contributed by atoms with Crippen LogP contribution in [0.4, 0.5) is 0 Å². The van der Waals surface area contributed by atoms with Crippen LogP contribution in [0.25, 0.3) is 0 Å². The number of thiazole rings is 1. The van der Waals surface area contributed by atoms with Gasteiger partial charge in [0.1, 0.15) is 5.75 Å². The number of benzene rings is 1. The number of methoxy groups -OCH3 is 1. The van der Waals surface area contributed by atoms with Crippen molar-refractivity contribution in [3.8, 4) is 5.75 Å². The minimum absolute atomic E-state index is 0.0779.